The molecule has 1 fully saturated rings. The van der Waals surface area contributed by atoms with E-state index in [1.54, 1.807) is 19.1 Å². The third-order valence-electron chi connectivity index (χ3n) is 4.16. The first kappa shape index (κ1) is 21.6. The highest BCUT2D eigenvalue weighted by Crippen LogP contribution is 2.24. The smallest absolute Gasteiger partial charge is 0.269 e. The average Bonchev–Trinajstić information content (AvgIpc) is 2.59. The molecule has 0 unspecified atom stereocenters. The van der Waals surface area contributed by atoms with E-state index in [2.05, 4.69) is 16.2 Å². The summed E-state index contributed by atoms with van der Waals surface area (Å²) in [5, 5.41) is 3.30. The fourth-order valence-electron chi connectivity index (χ4n) is 2.82. The van der Waals surface area contributed by atoms with E-state index in [0.29, 0.717) is 18.7 Å². The largest absolute Gasteiger partial charge is 0.357 e. The standard InChI is InChI=1S/C18H28N4O3S2/c1-13-8-9-14(16(23)20-21-17(26)19-18(2,3)4)12-15(13)27(24,25)22-10-6-5-7-11-22/h8-9,12H,5-7,10-11H2,1-4H3,(H,20,23)(H2,19,21,26). The Morgan fingerprint density at radius 3 is 2.33 bits per heavy atom. The summed E-state index contributed by atoms with van der Waals surface area (Å²) in [4.78, 5) is 12.6. The quantitative estimate of drug-likeness (QED) is 0.520. The van der Waals surface area contributed by atoms with Crippen molar-refractivity contribution in [3.8, 4) is 0 Å². The van der Waals surface area contributed by atoms with Gasteiger partial charge in [0.25, 0.3) is 5.91 Å². The van der Waals surface area contributed by atoms with Crippen LogP contribution in [-0.4, -0.2) is 42.4 Å². The van der Waals surface area contributed by atoms with Crippen LogP contribution in [0.4, 0.5) is 0 Å². The molecule has 150 valence electrons. The molecular formula is C18H28N4O3S2. The lowest BCUT2D eigenvalue weighted by molar-refractivity contribution is 0.0943. The SMILES string of the molecule is Cc1ccc(C(=O)NNC(=S)NC(C)(C)C)cc1S(=O)(=O)N1CCCCC1. The fraction of sp³-hybridized carbons (Fsp3) is 0.556. The molecule has 0 saturated carbocycles. The number of sulfonamides is 1. The minimum absolute atomic E-state index is 0.174. The Morgan fingerprint density at radius 2 is 1.74 bits per heavy atom. The molecule has 7 nitrogen and oxygen atoms in total. The second kappa shape index (κ2) is 8.53. The second-order valence-corrected chi connectivity index (χ2v) is 10.0. The van der Waals surface area contributed by atoms with Crippen molar-refractivity contribution in [2.45, 2.75) is 57.4 Å². The molecule has 1 heterocycles. The van der Waals surface area contributed by atoms with Crippen molar-refractivity contribution >= 4 is 33.3 Å². The number of rotatable bonds is 3. The molecule has 2 rings (SSSR count). The number of benzene rings is 1. The molecule has 0 radical (unpaired) electrons. The van der Waals surface area contributed by atoms with Crippen LogP contribution < -0.4 is 16.2 Å². The lowest BCUT2D eigenvalue weighted by Crippen LogP contribution is -2.52. The number of hydrazine groups is 1. The first-order valence-electron chi connectivity index (χ1n) is 9.00. The van der Waals surface area contributed by atoms with Gasteiger partial charge in [0.1, 0.15) is 0 Å². The number of piperidine rings is 1. The molecule has 0 aliphatic carbocycles. The van der Waals surface area contributed by atoms with Crippen LogP contribution in [-0.2, 0) is 10.0 Å². The number of amides is 1. The number of nitrogens with zero attached hydrogens (tertiary/aromatic N) is 1. The molecule has 0 spiro atoms. The molecule has 1 aliphatic heterocycles. The van der Waals surface area contributed by atoms with E-state index in [4.69, 9.17) is 12.2 Å². The maximum atomic E-state index is 13.0. The molecule has 9 heteroatoms. The van der Waals surface area contributed by atoms with Crippen LogP contribution in [0.15, 0.2) is 23.1 Å². The summed E-state index contributed by atoms with van der Waals surface area (Å²) >= 11 is 5.12. The van der Waals surface area contributed by atoms with E-state index in [-0.39, 0.29) is 21.1 Å². The van der Waals surface area contributed by atoms with Crippen LogP contribution in [0.3, 0.4) is 0 Å². The zero-order chi connectivity index (χ0) is 20.2. The van der Waals surface area contributed by atoms with Gasteiger partial charge in [-0.25, -0.2) is 8.42 Å². The zero-order valence-electron chi connectivity index (χ0n) is 16.3. The van der Waals surface area contributed by atoms with E-state index in [9.17, 15) is 13.2 Å². The van der Waals surface area contributed by atoms with E-state index in [0.717, 1.165) is 19.3 Å². The summed E-state index contributed by atoms with van der Waals surface area (Å²) in [5.74, 6) is -0.455. The van der Waals surface area contributed by atoms with Gasteiger partial charge in [0.05, 0.1) is 4.90 Å². The summed E-state index contributed by atoms with van der Waals surface area (Å²) in [6.45, 7) is 8.61. The van der Waals surface area contributed by atoms with Crippen molar-refractivity contribution < 1.29 is 13.2 Å². The highest BCUT2D eigenvalue weighted by Gasteiger charge is 2.28. The average molecular weight is 413 g/mol. The minimum atomic E-state index is -3.61. The Hall–Kier alpha value is -1.71. The molecule has 27 heavy (non-hydrogen) atoms. The lowest BCUT2D eigenvalue weighted by Gasteiger charge is -2.26. The van der Waals surface area contributed by atoms with E-state index < -0.39 is 15.9 Å². The van der Waals surface area contributed by atoms with Crippen LogP contribution in [0, 0.1) is 6.92 Å². The fourth-order valence-corrected chi connectivity index (χ4v) is 4.95. The molecule has 0 atom stereocenters. The van der Waals surface area contributed by atoms with Crippen LogP contribution >= 0.6 is 12.2 Å². The van der Waals surface area contributed by atoms with Gasteiger partial charge in [0.15, 0.2) is 5.11 Å². The first-order chi connectivity index (χ1) is 12.5. The third kappa shape index (κ3) is 5.88. The molecule has 1 aromatic carbocycles. The van der Waals surface area contributed by atoms with E-state index in [1.807, 2.05) is 20.8 Å². The van der Waals surface area contributed by atoms with Gasteiger partial charge >= 0.3 is 0 Å². The third-order valence-corrected chi connectivity index (χ3v) is 6.41. The van der Waals surface area contributed by atoms with Gasteiger partial charge in [0.2, 0.25) is 10.0 Å². The molecule has 1 saturated heterocycles. The summed E-state index contributed by atoms with van der Waals surface area (Å²) in [5.41, 5.74) is 5.76. The minimum Gasteiger partial charge on any atom is -0.357 e. The Bertz CT molecular complexity index is 810. The van der Waals surface area contributed by atoms with Gasteiger partial charge in [-0.1, -0.05) is 12.5 Å². The van der Waals surface area contributed by atoms with Crippen molar-refractivity contribution in [1.82, 2.24) is 20.5 Å². The topological polar surface area (TPSA) is 90.5 Å². The maximum Gasteiger partial charge on any atom is 0.269 e. The number of hydrogen-bond acceptors (Lipinski definition) is 4. The molecule has 1 amide bonds. The predicted octanol–water partition coefficient (Wildman–Crippen LogP) is 2.08. The van der Waals surface area contributed by atoms with Crippen molar-refractivity contribution in [3.05, 3.63) is 29.3 Å². The second-order valence-electron chi connectivity index (χ2n) is 7.73. The predicted molar refractivity (Wildman–Crippen MR) is 110 cm³/mol. The Kier molecular flexibility index (Phi) is 6.82. The van der Waals surface area contributed by atoms with E-state index in [1.165, 1.54) is 10.4 Å². The monoisotopic (exact) mass is 412 g/mol. The number of hydrogen-bond donors (Lipinski definition) is 3. The summed E-state index contributed by atoms with van der Waals surface area (Å²) < 4.78 is 27.4. The van der Waals surface area contributed by atoms with Gasteiger partial charge in [-0.05, 0) is 70.5 Å². The Morgan fingerprint density at radius 1 is 1.11 bits per heavy atom. The van der Waals surface area contributed by atoms with Crippen molar-refractivity contribution in [1.29, 1.82) is 0 Å². The van der Waals surface area contributed by atoms with Crippen molar-refractivity contribution in [3.63, 3.8) is 0 Å². The highest BCUT2D eigenvalue weighted by atomic mass is 32.2. The van der Waals surface area contributed by atoms with Crippen molar-refractivity contribution in [2.24, 2.45) is 0 Å². The Labute approximate surface area is 166 Å². The Balaban J connectivity index is 2.14. The molecule has 1 aliphatic rings. The first-order valence-corrected chi connectivity index (χ1v) is 10.8. The van der Waals surface area contributed by atoms with Gasteiger partial charge in [-0.2, -0.15) is 4.31 Å². The highest BCUT2D eigenvalue weighted by molar-refractivity contribution is 7.89. The number of aryl methyl sites for hydroxylation is 1. The zero-order valence-corrected chi connectivity index (χ0v) is 17.9. The van der Waals surface area contributed by atoms with Crippen LogP contribution in [0.25, 0.3) is 0 Å². The van der Waals surface area contributed by atoms with Crippen LogP contribution in [0.1, 0.15) is 56.0 Å². The van der Waals surface area contributed by atoms with Gasteiger partial charge < -0.3 is 5.32 Å². The number of carbonyl (C=O) groups is 1. The summed E-state index contributed by atoms with van der Waals surface area (Å²) in [6, 6.07) is 4.68. The normalized spacial score (nSPS) is 15.9. The molecule has 0 aromatic heterocycles. The van der Waals surface area contributed by atoms with Gasteiger partial charge in [0, 0.05) is 24.2 Å². The number of nitrogens with one attached hydrogen (secondary N) is 3. The lowest BCUT2D eigenvalue weighted by atomic mass is 10.1. The van der Waals surface area contributed by atoms with E-state index >= 15 is 0 Å². The van der Waals surface area contributed by atoms with Crippen LogP contribution in [0.2, 0.25) is 0 Å². The van der Waals surface area contributed by atoms with Crippen LogP contribution in [0.5, 0.6) is 0 Å². The molecule has 3 N–H and O–H groups in total. The molecular weight excluding hydrogens is 384 g/mol. The summed E-state index contributed by atoms with van der Waals surface area (Å²) in [7, 11) is -3.61. The summed E-state index contributed by atoms with van der Waals surface area (Å²) in [6.07, 6.45) is 2.77. The van der Waals surface area contributed by atoms with Gasteiger partial charge in [-0.15, -0.1) is 0 Å². The maximum absolute atomic E-state index is 13.0. The molecule has 1 aromatic rings. The number of thiocarbonyl (C=S) groups is 1. The van der Waals surface area contributed by atoms with Crippen molar-refractivity contribution in [2.75, 3.05) is 13.1 Å². The molecule has 0 bridgehead atoms. The van der Waals surface area contributed by atoms with Gasteiger partial charge in [-0.3, -0.25) is 15.6 Å². The number of carbonyl (C=O) groups excluding carboxylic acids is 1.